The highest BCUT2D eigenvalue weighted by atomic mass is 16.2. The fraction of sp³-hybridized carbons (Fsp3) is 0.286. The van der Waals surface area contributed by atoms with Crippen molar-refractivity contribution < 1.29 is 4.79 Å². The number of benzene rings is 1. The number of rotatable bonds is 1. The lowest BCUT2D eigenvalue weighted by Gasteiger charge is -2.24. The van der Waals surface area contributed by atoms with Gasteiger partial charge in [-0.1, -0.05) is 12.1 Å². The van der Waals surface area contributed by atoms with Gasteiger partial charge >= 0.3 is 0 Å². The molecule has 4 nitrogen and oxygen atoms in total. The number of nitrogens with zero attached hydrogens (tertiary/aromatic N) is 1. The Kier molecular flexibility index (Phi) is 2.72. The first-order chi connectivity index (χ1) is 8.75. The monoisotopic (exact) mass is 241 g/mol. The van der Waals surface area contributed by atoms with E-state index in [0.717, 1.165) is 23.0 Å². The first kappa shape index (κ1) is 11.2. The normalized spacial score (nSPS) is 19.8. The van der Waals surface area contributed by atoms with Crippen molar-refractivity contribution in [3.05, 3.63) is 41.6 Å². The molecule has 2 aromatic rings. The second-order valence-electron chi connectivity index (χ2n) is 4.60. The van der Waals surface area contributed by atoms with Gasteiger partial charge in [-0.15, -0.1) is 0 Å². The highest BCUT2D eigenvalue weighted by Crippen LogP contribution is 2.24. The molecule has 2 N–H and O–H groups in total. The van der Waals surface area contributed by atoms with E-state index in [1.54, 1.807) is 6.20 Å². The van der Waals surface area contributed by atoms with E-state index in [4.69, 9.17) is 0 Å². The van der Waals surface area contributed by atoms with Gasteiger partial charge in [-0.2, -0.15) is 0 Å². The van der Waals surface area contributed by atoms with Gasteiger partial charge in [-0.05, 0) is 30.2 Å². The minimum atomic E-state index is -0.271. The molecule has 3 rings (SSSR count). The lowest BCUT2D eigenvalue weighted by Crippen LogP contribution is -2.47. The summed E-state index contributed by atoms with van der Waals surface area (Å²) in [5.74, 6) is 0.0364. The van der Waals surface area contributed by atoms with Gasteiger partial charge in [-0.3, -0.25) is 9.78 Å². The van der Waals surface area contributed by atoms with Gasteiger partial charge in [0.1, 0.15) is 6.04 Å². The lowest BCUT2D eigenvalue weighted by molar-refractivity contribution is -0.124. The zero-order valence-electron chi connectivity index (χ0n) is 10.2. The summed E-state index contributed by atoms with van der Waals surface area (Å²) >= 11 is 0. The molecule has 1 amide bonds. The lowest BCUT2D eigenvalue weighted by atomic mass is 9.99. The third-order valence-corrected chi connectivity index (χ3v) is 3.28. The summed E-state index contributed by atoms with van der Waals surface area (Å²) in [5, 5.41) is 7.18. The second-order valence-corrected chi connectivity index (χ2v) is 4.60. The number of carbonyl (C=O) groups is 1. The van der Waals surface area contributed by atoms with Crippen molar-refractivity contribution in [1.29, 1.82) is 0 Å². The summed E-state index contributed by atoms with van der Waals surface area (Å²) in [4.78, 5) is 16.3. The summed E-state index contributed by atoms with van der Waals surface area (Å²) in [6.07, 6.45) is 1.76. The van der Waals surface area contributed by atoms with Crippen LogP contribution in [-0.4, -0.2) is 24.0 Å². The van der Waals surface area contributed by atoms with E-state index in [9.17, 15) is 4.79 Å². The Hall–Kier alpha value is -1.94. The predicted octanol–water partition coefficient (Wildman–Crippen LogP) is 1.30. The zero-order valence-corrected chi connectivity index (χ0v) is 10.2. The van der Waals surface area contributed by atoms with E-state index in [2.05, 4.69) is 15.6 Å². The number of pyridine rings is 1. The number of fused-ring (bicyclic) bond motifs is 1. The molecule has 0 radical (unpaired) electrons. The maximum Gasteiger partial charge on any atom is 0.241 e. The zero-order chi connectivity index (χ0) is 12.5. The molecule has 0 bridgehead atoms. The SMILES string of the molecule is Cc1ccc2c(C3NCCNC3=O)ccnc2c1. The van der Waals surface area contributed by atoms with E-state index in [-0.39, 0.29) is 11.9 Å². The van der Waals surface area contributed by atoms with Crippen LogP contribution in [0.25, 0.3) is 10.9 Å². The van der Waals surface area contributed by atoms with Crippen LogP contribution in [0.1, 0.15) is 17.2 Å². The van der Waals surface area contributed by atoms with E-state index < -0.39 is 0 Å². The number of aryl methyl sites for hydroxylation is 1. The maximum atomic E-state index is 11.9. The molecule has 1 saturated heterocycles. The van der Waals surface area contributed by atoms with E-state index in [0.29, 0.717) is 6.54 Å². The average Bonchev–Trinajstić information content (AvgIpc) is 2.38. The molecule has 1 fully saturated rings. The van der Waals surface area contributed by atoms with Crippen LogP contribution < -0.4 is 10.6 Å². The second kappa shape index (κ2) is 4.38. The number of carbonyl (C=O) groups excluding carboxylic acids is 1. The number of aromatic nitrogens is 1. The Labute approximate surface area is 105 Å². The van der Waals surface area contributed by atoms with Gasteiger partial charge in [0.05, 0.1) is 5.52 Å². The number of hydrogen-bond acceptors (Lipinski definition) is 3. The molecular formula is C14H15N3O. The smallest absolute Gasteiger partial charge is 0.241 e. The van der Waals surface area contributed by atoms with Crippen molar-refractivity contribution in [2.75, 3.05) is 13.1 Å². The van der Waals surface area contributed by atoms with Crippen LogP contribution >= 0.6 is 0 Å². The number of piperazine rings is 1. The third kappa shape index (κ3) is 1.84. The Morgan fingerprint density at radius 3 is 3.00 bits per heavy atom. The molecule has 18 heavy (non-hydrogen) atoms. The standard InChI is InChI=1S/C14H15N3O/c1-9-2-3-10-11(4-5-15-12(10)8-9)13-14(18)17-7-6-16-13/h2-5,8,13,16H,6-7H2,1H3,(H,17,18). The van der Waals surface area contributed by atoms with Crippen LogP contribution in [0.4, 0.5) is 0 Å². The van der Waals surface area contributed by atoms with Gasteiger partial charge in [0, 0.05) is 24.7 Å². The highest BCUT2D eigenvalue weighted by Gasteiger charge is 2.24. The molecule has 1 aliphatic heterocycles. The Morgan fingerprint density at radius 1 is 1.28 bits per heavy atom. The molecule has 1 aromatic heterocycles. The van der Waals surface area contributed by atoms with Crippen LogP contribution in [0.15, 0.2) is 30.5 Å². The average molecular weight is 241 g/mol. The van der Waals surface area contributed by atoms with Gasteiger partial charge in [-0.25, -0.2) is 0 Å². The summed E-state index contributed by atoms with van der Waals surface area (Å²) in [5.41, 5.74) is 3.11. The van der Waals surface area contributed by atoms with Gasteiger partial charge in [0.15, 0.2) is 0 Å². The quantitative estimate of drug-likeness (QED) is 0.791. The van der Waals surface area contributed by atoms with Crippen LogP contribution in [0, 0.1) is 6.92 Å². The minimum Gasteiger partial charge on any atom is -0.353 e. The molecule has 92 valence electrons. The summed E-state index contributed by atoms with van der Waals surface area (Å²) in [6.45, 7) is 3.53. The van der Waals surface area contributed by atoms with E-state index in [1.807, 2.05) is 31.2 Å². The summed E-state index contributed by atoms with van der Waals surface area (Å²) in [7, 11) is 0. The van der Waals surface area contributed by atoms with Crippen molar-refractivity contribution >= 4 is 16.8 Å². The first-order valence-corrected chi connectivity index (χ1v) is 6.12. The van der Waals surface area contributed by atoms with Gasteiger partial charge in [0.25, 0.3) is 0 Å². The topological polar surface area (TPSA) is 54.0 Å². The Morgan fingerprint density at radius 2 is 2.17 bits per heavy atom. The maximum absolute atomic E-state index is 11.9. The fourth-order valence-electron chi connectivity index (χ4n) is 2.38. The van der Waals surface area contributed by atoms with Crippen molar-refractivity contribution in [3.8, 4) is 0 Å². The number of nitrogens with one attached hydrogen (secondary N) is 2. The van der Waals surface area contributed by atoms with E-state index in [1.165, 1.54) is 5.56 Å². The highest BCUT2D eigenvalue weighted by molar-refractivity contribution is 5.91. The molecule has 1 atom stereocenters. The van der Waals surface area contributed by atoms with Crippen molar-refractivity contribution in [2.24, 2.45) is 0 Å². The molecule has 0 spiro atoms. The van der Waals surface area contributed by atoms with Gasteiger partial charge < -0.3 is 10.6 Å². The fourth-order valence-corrected chi connectivity index (χ4v) is 2.38. The van der Waals surface area contributed by atoms with Crippen LogP contribution in [0.3, 0.4) is 0 Å². The molecule has 0 saturated carbocycles. The molecule has 2 heterocycles. The van der Waals surface area contributed by atoms with Crippen molar-refractivity contribution in [1.82, 2.24) is 15.6 Å². The Balaban J connectivity index is 2.13. The largest absolute Gasteiger partial charge is 0.353 e. The van der Waals surface area contributed by atoms with E-state index >= 15 is 0 Å². The van der Waals surface area contributed by atoms with Gasteiger partial charge in [0.2, 0.25) is 5.91 Å². The number of hydrogen-bond donors (Lipinski definition) is 2. The minimum absolute atomic E-state index is 0.0364. The summed E-state index contributed by atoms with van der Waals surface area (Å²) in [6, 6.07) is 7.77. The first-order valence-electron chi connectivity index (χ1n) is 6.12. The van der Waals surface area contributed by atoms with Crippen LogP contribution in [-0.2, 0) is 4.79 Å². The molecule has 0 aliphatic carbocycles. The number of amides is 1. The van der Waals surface area contributed by atoms with Crippen LogP contribution in [0.2, 0.25) is 0 Å². The van der Waals surface area contributed by atoms with Crippen molar-refractivity contribution in [2.45, 2.75) is 13.0 Å². The van der Waals surface area contributed by atoms with Crippen molar-refractivity contribution in [3.63, 3.8) is 0 Å². The predicted molar refractivity (Wildman–Crippen MR) is 70.2 cm³/mol. The molecule has 1 aromatic carbocycles. The molecular weight excluding hydrogens is 226 g/mol. The molecule has 1 unspecified atom stereocenters. The Bertz CT molecular complexity index is 609. The third-order valence-electron chi connectivity index (χ3n) is 3.28. The molecule has 1 aliphatic rings. The summed E-state index contributed by atoms with van der Waals surface area (Å²) < 4.78 is 0. The van der Waals surface area contributed by atoms with Crippen LogP contribution in [0.5, 0.6) is 0 Å². The molecule has 4 heteroatoms.